The van der Waals surface area contributed by atoms with Gasteiger partial charge in [0.05, 0.1) is 0 Å². The Morgan fingerprint density at radius 2 is 1.90 bits per heavy atom. The Kier molecular flexibility index (Phi) is 5.13. The number of allylic oxidation sites excluding steroid dienone is 2. The van der Waals surface area contributed by atoms with Crippen molar-refractivity contribution < 1.29 is 4.79 Å². The van der Waals surface area contributed by atoms with Crippen LogP contribution in [0.25, 0.3) is 0 Å². The van der Waals surface area contributed by atoms with E-state index in [1.165, 1.54) is 6.92 Å². The molecular formula is C5H7Br2ClOSn. The molecule has 0 aliphatic heterocycles. The molecule has 1 nitrogen and oxygen atoms in total. The second kappa shape index (κ2) is 4.48. The van der Waals surface area contributed by atoms with Crippen LogP contribution in [0.15, 0.2) is 9.67 Å². The van der Waals surface area contributed by atoms with Crippen LogP contribution in [0.3, 0.4) is 0 Å². The Hall–Kier alpha value is 1.46. The van der Waals surface area contributed by atoms with Gasteiger partial charge in [-0.3, -0.25) is 0 Å². The molecule has 5 heteroatoms. The Labute approximate surface area is 80.3 Å². The molecule has 10 heavy (non-hydrogen) atoms. The molecule has 0 aliphatic rings. The molecule has 0 unspecified atom stereocenters. The number of ketones is 1. The van der Waals surface area contributed by atoms with Gasteiger partial charge in [0, 0.05) is 0 Å². The van der Waals surface area contributed by atoms with E-state index in [1.807, 2.05) is 6.92 Å². The summed E-state index contributed by atoms with van der Waals surface area (Å²) in [6.07, 6.45) is 1.56. The number of hydrogen-bond donors (Lipinski definition) is 0. The van der Waals surface area contributed by atoms with Crippen molar-refractivity contribution in [2.75, 3.05) is 0 Å². The average Bonchev–Trinajstić information content (AvgIpc) is 1.60. The van der Waals surface area contributed by atoms with Crippen LogP contribution in [0.4, 0.5) is 0 Å². The van der Waals surface area contributed by atoms with Crippen molar-refractivity contribution in [2.24, 2.45) is 0 Å². The first-order chi connectivity index (χ1) is 4.34. The van der Waals surface area contributed by atoms with Gasteiger partial charge in [-0.15, -0.1) is 0 Å². The minimum absolute atomic E-state index is 0.0399. The van der Waals surface area contributed by atoms with Gasteiger partial charge in [-0.25, -0.2) is 0 Å². The summed E-state index contributed by atoms with van der Waals surface area (Å²) in [5.41, 5.74) is 0. The Morgan fingerprint density at radius 3 is 2.00 bits per heavy atom. The molecule has 0 amide bonds. The van der Waals surface area contributed by atoms with Gasteiger partial charge in [-0.2, -0.15) is 0 Å². The fourth-order valence-electron chi connectivity index (χ4n) is 0.387. The molecule has 0 aliphatic carbocycles. The summed E-state index contributed by atoms with van der Waals surface area (Å²) in [4.78, 5) is 10.6. The predicted molar refractivity (Wildman–Crippen MR) is 53.9 cm³/mol. The van der Waals surface area contributed by atoms with Gasteiger partial charge >= 0.3 is 81.2 Å². The van der Waals surface area contributed by atoms with Crippen LogP contribution in [0, 0.1) is 0 Å². The number of carbonyl (C=O) groups is 1. The monoisotopic (exact) mass is 396 g/mol. The minimum atomic E-state index is -2.76. The molecule has 0 atom stereocenters. The fraction of sp³-hybridized carbons (Fsp3) is 0.400. The summed E-state index contributed by atoms with van der Waals surface area (Å²) >= 11 is 3.93. The van der Waals surface area contributed by atoms with Gasteiger partial charge in [-0.05, 0) is 0 Å². The number of hydrogen-bond acceptors (Lipinski definition) is 1. The molecule has 0 spiro atoms. The van der Waals surface area contributed by atoms with E-state index >= 15 is 0 Å². The quantitative estimate of drug-likeness (QED) is 0.518. The van der Waals surface area contributed by atoms with E-state index in [2.05, 4.69) is 25.4 Å². The summed E-state index contributed by atoms with van der Waals surface area (Å²) < 4.78 is 0.948. The average molecular weight is 397 g/mol. The molecular weight excluding hydrogens is 390 g/mol. The molecule has 0 aromatic heterocycles. The van der Waals surface area contributed by atoms with E-state index in [-0.39, 0.29) is 5.78 Å². The van der Waals surface area contributed by atoms with Crippen molar-refractivity contribution in [3.63, 3.8) is 0 Å². The van der Waals surface area contributed by atoms with Crippen LogP contribution < -0.4 is 0 Å². The number of carbonyl (C=O) groups excluding carboxylic acids is 1. The fourth-order valence-corrected chi connectivity index (χ4v) is 3.34. The van der Waals surface area contributed by atoms with Crippen molar-refractivity contribution in [1.29, 1.82) is 0 Å². The van der Waals surface area contributed by atoms with Crippen LogP contribution in [-0.2, 0) is 4.79 Å². The van der Waals surface area contributed by atoms with Gasteiger partial charge < -0.3 is 0 Å². The first kappa shape index (κ1) is 11.5. The molecule has 0 fully saturated rings. The van der Waals surface area contributed by atoms with Gasteiger partial charge in [0.15, 0.2) is 0 Å². The summed E-state index contributed by atoms with van der Waals surface area (Å²) in [7, 11) is 5.95. The topological polar surface area (TPSA) is 17.1 Å². The molecule has 58 valence electrons. The molecule has 0 heterocycles. The van der Waals surface area contributed by atoms with Crippen molar-refractivity contribution in [1.82, 2.24) is 0 Å². The van der Waals surface area contributed by atoms with Gasteiger partial charge in [0.2, 0.25) is 0 Å². The summed E-state index contributed by atoms with van der Waals surface area (Å²) in [5, 5.41) is 0. The van der Waals surface area contributed by atoms with Crippen molar-refractivity contribution in [3.05, 3.63) is 9.67 Å². The number of rotatable bonds is 2. The van der Waals surface area contributed by atoms with Gasteiger partial charge in [-0.1, -0.05) is 0 Å². The van der Waals surface area contributed by atoms with Crippen LogP contribution >= 0.6 is 34.3 Å². The summed E-state index contributed by atoms with van der Waals surface area (Å²) in [5.74, 6) is 0.0399. The maximum absolute atomic E-state index is 10.6. The molecule has 0 aromatic rings. The molecule has 0 N–H and O–H groups in total. The van der Waals surface area contributed by atoms with Crippen LogP contribution in [0.1, 0.15) is 13.8 Å². The molecule has 0 rings (SSSR count). The molecule has 0 saturated carbocycles. The Morgan fingerprint density at radius 1 is 1.50 bits per heavy atom. The third-order valence-corrected chi connectivity index (χ3v) is 14.2. The third kappa shape index (κ3) is 5.15. The van der Waals surface area contributed by atoms with E-state index in [9.17, 15) is 4.79 Å². The molecule has 0 radical (unpaired) electrons. The summed E-state index contributed by atoms with van der Waals surface area (Å²) in [6.45, 7) is 3.37. The summed E-state index contributed by atoms with van der Waals surface area (Å²) in [6, 6.07) is 0. The second-order valence-electron chi connectivity index (χ2n) is 1.94. The van der Waals surface area contributed by atoms with Crippen molar-refractivity contribution in [3.8, 4) is 0 Å². The molecule has 0 bridgehead atoms. The first-order valence-electron chi connectivity index (χ1n) is 2.60. The Bertz CT molecular complexity index is 173. The second-order valence-corrected chi connectivity index (χ2v) is 40.1. The SMILES string of the molecule is CC(=O)C=[C](C)[Sn]([Cl])([Br])[Br]. The molecule has 0 saturated heterocycles. The zero-order valence-electron chi connectivity index (χ0n) is 5.62. The van der Waals surface area contributed by atoms with E-state index in [0.717, 1.165) is 3.59 Å². The van der Waals surface area contributed by atoms with Crippen molar-refractivity contribution in [2.45, 2.75) is 13.8 Å². The zero-order valence-corrected chi connectivity index (χ0v) is 12.4. The van der Waals surface area contributed by atoms with Crippen molar-refractivity contribution >= 4 is 52.9 Å². The van der Waals surface area contributed by atoms with E-state index in [4.69, 9.17) is 8.92 Å². The maximum atomic E-state index is 10.6. The van der Waals surface area contributed by atoms with Gasteiger partial charge in [0.1, 0.15) is 0 Å². The number of halogens is 3. The van der Waals surface area contributed by atoms with Crippen LogP contribution in [0.2, 0.25) is 0 Å². The first-order valence-corrected chi connectivity index (χ1v) is 20.4. The van der Waals surface area contributed by atoms with E-state index in [0.29, 0.717) is 0 Å². The normalized spacial score (nSPS) is 13.5. The molecule has 0 aromatic carbocycles. The Balaban J connectivity index is 4.35. The van der Waals surface area contributed by atoms with Gasteiger partial charge in [0.25, 0.3) is 0 Å². The van der Waals surface area contributed by atoms with Crippen LogP contribution in [-0.4, -0.2) is 18.6 Å². The van der Waals surface area contributed by atoms with E-state index in [1.54, 1.807) is 6.08 Å². The standard InChI is InChI=1S/C5H7O.2BrH.ClH.Sn/c1-3-4-5(2)6;;;;/h4H,1-2H3;3*1H;/q;;;;+3/p-3. The predicted octanol–water partition coefficient (Wildman–Crippen LogP) is 3.03. The third-order valence-electron chi connectivity index (χ3n) is 0.867. The van der Waals surface area contributed by atoms with E-state index < -0.39 is 12.8 Å². The zero-order chi connectivity index (χ0) is 8.36. The van der Waals surface area contributed by atoms with Crippen LogP contribution in [0.5, 0.6) is 0 Å².